The van der Waals surface area contributed by atoms with Crippen molar-refractivity contribution in [2.24, 2.45) is 23.7 Å². The van der Waals surface area contributed by atoms with E-state index in [-0.39, 0.29) is 5.41 Å². The highest BCUT2D eigenvalue weighted by Crippen LogP contribution is 2.69. The lowest BCUT2D eigenvalue weighted by atomic mass is 9.43. The summed E-state index contributed by atoms with van der Waals surface area (Å²) in [6, 6.07) is 60.7. The molecule has 4 bridgehead atoms. The van der Waals surface area contributed by atoms with E-state index in [0.717, 1.165) is 57.0 Å². The molecule has 8 aromatic rings. The number of benzene rings is 7. The third kappa shape index (κ3) is 4.40. The van der Waals surface area contributed by atoms with Crippen LogP contribution in [0.5, 0.6) is 0 Å². The van der Waals surface area contributed by atoms with Crippen molar-refractivity contribution in [1.82, 2.24) is 0 Å². The van der Waals surface area contributed by atoms with E-state index in [4.69, 9.17) is 4.42 Å². The van der Waals surface area contributed by atoms with E-state index in [0.29, 0.717) is 0 Å². The van der Waals surface area contributed by atoms with Crippen molar-refractivity contribution >= 4 is 39.0 Å². The summed E-state index contributed by atoms with van der Waals surface area (Å²) in [5.74, 6) is 3.39. The zero-order chi connectivity index (χ0) is 35.4. The Morgan fingerprint density at radius 3 is 1.70 bits per heavy atom. The lowest BCUT2D eigenvalue weighted by molar-refractivity contribution is -0.0399. The molecule has 7 aromatic carbocycles. The van der Waals surface area contributed by atoms with Crippen LogP contribution in [0.4, 0.5) is 17.1 Å². The van der Waals surface area contributed by atoms with Crippen molar-refractivity contribution < 1.29 is 4.42 Å². The maximum Gasteiger partial charge on any atom is 0.135 e. The van der Waals surface area contributed by atoms with Crippen LogP contribution in [0, 0.1) is 23.7 Å². The Hall–Kier alpha value is -5.86. The van der Waals surface area contributed by atoms with Crippen LogP contribution in [0.15, 0.2) is 168 Å². The molecule has 0 unspecified atom stereocenters. The number of furan rings is 1. The SMILES string of the molecule is c1ccc(-c2ccc(N(c3ccc(-c4ccc5oc6ccccc6c5c4)cc3)c3ccc4c(c3)-c3ccccc3C43C4CC5CC(C4)CC3C5)cc2)cc1. The van der Waals surface area contributed by atoms with E-state index in [9.17, 15) is 0 Å². The molecule has 1 spiro atoms. The number of anilines is 3. The lowest BCUT2D eigenvalue weighted by Crippen LogP contribution is -2.55. The highest BCUT2D eigenvalue weighted by atomic mass is 16.3. The van der Waals surface area contributed by atoms with Crippen LogP contribution in [0.3, 0.4) is 0 Å². The van der Waals surface area contributed by atoms with Gasteiger partial charge in [0.25, 0.3) is 0 Å². The van der Waals surface area contributed by atoms with Gasteiger partial charge in [-0.3, -0.25) is 0 Å². The molecule has 54 heavy (non-hydrogen) atoms. The monoisotopic (exact) mass is 695 g/mol. The third-order valence-electron chi connectivity index (χ3n) is 13.9. The minimum atomic E-state index is 0.170. The zero-order valence-electron chi connectivity index (χ0n) is 30.3. The highest BCUT2D eigenvalue weighted by molar-refractivity contribution is 6.06. The van der Waals surface area contributed by atoms with Gasteiger partial charge in [0.05, 0.1) is 0 Å². The Bertz CT molecular complexity index is 2690. The molecule has 2 nitrogen and oxygen atoms in total. The molecule has 2 heteroatoms. The van der Waals surface area contributed by atoms with Crippen LogP contribution in [-0.2, 0) is 5.41 Å². The van der Waals surface area contributed by atoms with Gasteiger partial charge in [0.1, 0.15) is 11.2 Å². The van der Waals surface area contributed by atoms with Gasteiger partial charge in [0.15, 0.2) is 0 Å². The number of hydrogen-bond donors (Lipinski definition) is 0. The minimum Gasteiger partial charge on any atom is -0.456 e. The summed E-state index contributed by atoms with van der Waals surface area (Å²) in [7, 11) is 0. The minimum absolute atomic E-state index is 0.170. The number of nitrogens with zero attached hydrogens (tertiary/aromatic N) is 1. The van der Waals surface area contributed by atoms with Crippen molar-refractivity contribution in [2.45, 2.75) is 37.5 Å². The van der Waals surface area contributed by atoms with Crippen molar-refractivity contribution in [3.63, 3.8) is 0 Å². The molecule has 0 amide bonds. The number of fused-ring (bicyclic) bond motifs is 6. The van der Waals surface area contributed by atoms with E-state index in [1.807, 2.05) is 12.1 Å². The first-order chi connectivity index (χ1) is 26.7. The Morgan fingerprint density at radius 2 is 0.963 bits per heavy atom. The molecule has 4 fully saturated rings. The molecule has 0 atom stereocenters. The standard InChI is InChI=1S/C52H41NO/c1-2-8-35(9-3-1)36-14-19-41(20-15-36)53(42-21-16-37(17-22-42)38-18-25-51-47(31-38)45-11-5-7-13-50(45)54-51)43-23-24-49-46(32-43)44-10-4-6-12-48(44)52(49)39-27-33-26-34(29-39)30-40(52)28-33/h1-25,31-34,39-40H,26-30H2. The molecular formula is C52H41NO. The maximum absolute atomic E-state index is 6.14. The van der Waals surface area contributed by atoms with E-state index in [2.05, 4.69) is 157 Å². The maximum atomic E-state index is 6.14. The lowest BCUT2D eigenvalue weighted by Gasteiger charge is -2.61. The third-order valence-corrected chi connectivity index (χ3v) is 13.9. The average molecular weight is 696 g/mol. The second-order valence-corrected chi connectivity index (χ2v) is 16.6. The van der Waals surface area contributed by atoms with Crippen LogP contribution < -0.4 is 4.90 Å². The Morgan fingerprint density at radius 1 is 0.407 bits per heavy atom. The summed E-state index contributed by atoms with van der Waals surface area (Å²) in [6.45, 7) is 0. The normalized spacial score (nSPS) is 23.3. The molecule has 0 N–H and O–H groups in total. The number of rotatable bonds is 5. The Balaban J connectivity index is 0.981. The van der Waals surface area contributed by atoms with Gasteiger partial charge in [-0.15, -0.1) is 0 Å². The topological polar surface area (TPSA) is 16.4 Å². The van der Waals surface area contributed by atoms with E-state index >= 15 is 0 Å². The van der Waals surface area contributed by atoms with Crippen molar-refractivity contribution in [1.29, 1.82) is 0 Å². The van der Waals surface area contributed by atoms with Gasteiger partial charge in [-0.25, -0.2) is 0 Å². The first kappa shape index (κ1) is 30.6. The molecule has 1 aromatic heterocycles. The summed E-state index contributed by atoms with van der Waals surface area (Å²) >= 11 is 0. The fourth-order valence-corrected chi connectivity index (χ4v) is 11.9. The summed E-state index contributed by atoms with van der Waals surface area (Å²) in [4.78, 5) is 2.45. The number of hydrogen-bond acceptors (Lipinski definition) is 2. The van der Waals surface area contributed by atoms with E-state index in [1.165, 1.54) is 71.2 Å². The fraction of sp³-hybridized carbons (Fsp3) is 0.192. The van der Waals surface area contributed by atoms with Crippen molar-refractivity contribution in [3.05, 3.63) is 175 Å². The van der Waals surface area contributed by atoms with Crippen LogP contribution in [0.2, 0.25) is 0 Å². The smallest absolute Gasteiger partial charge is 0.135 e. The zero-order valence-corrected chi connectivity index (χ0v) is 30.3. The Kier molecular flexibility index (Phi) is 6.55. The molecule has 4 saturated carbocycles. The molecule has 0 aliphatic heterocycles. The van der Waals surface area contributed by atoms with Crippen molar-refractivity contribution in [3.8, 4) is 33.4 Å². The largest absolute Gasteiger partial charge is 0.456 e. The van der Waals surface area contributed by atoms with E-state index < -0.39 is 0 Å². The fourth-order valence-electron chi connectivity index (χ4n) is 11.9. The van der Waals surface area contributed by atoms with Gasteiger partial charge in [-0.1, -0.05) is 109 Å². The molecule has 5 aliphatic rings. The van der Waals surface area contributed by atoms with Crippen LogP contribution >= 0.6 is 0 Å². The van der Waals surface area contributed by atoms with Crippen LogP contribution in [0.25, 0.3) is 55.3 Å². The number of para-hydroxylation sites is 1. The quantitative estimate of drug-likeness (QED) is 0.178. The summed E-state index contributed by atoms with van der Waals surface area (Å²) in [5.41, 5.74) is 16.5. The first-order valence-corrected chi connectivity index (χ1v) is 19.9. The van der Waals surface area contributed by atoms with Gasteiger partial charge in [-0.2, -0.15) is 0 Å². The molecule has 0 saturated heterocycles. The predicted octanol–water partition coefficient (Wildman–Crippen LogP) is 14.1. The molecule has 260 valence electrons. The van der Waals surface area contributed by atoms with Crippen molar-refractivity contribution in [2.75, 3.05) is 4.90 Å². The van der Waals surface area contributed by atoms with E-state index in [1.54, 1.807) is 11.1 Å². The average Bonchev–Trinajstić information content (AvgIpc) is 3.74. The molecule has 0 radical (unpaired) electrons. The predicted molar refractivity (Wildman–Crippen MR) is 223 cm³/mol. The molecule has 1 heterocycles. The molecule has 13 rings (SSSR count). The second kappa shape index (κ2) is 11.6. The summed E-state index contributed by atoms with van der Waals surface area (Å²) in [5, 5.41) is 2.31. The highest BCUT2D eigenvalue weighted by Gasteiger charge is 2.61. The van der Waals surface area contributed by atoms with Crippen LogP contribution in [0.1, 0.15) is 43.2 Å². The molecule has 5 aliphatic carbocycles. The Labute approximate surface area is 316 Å². The van der Waals surface area contributed by atoms with Crippen LogP contribution in [-0.4, -0.2) is 0 Å². The van der Waals surface area contributed by atoms with Gasteiger partial charge >= 0.3 is 0 Å². The second-order valence-electron chi connectivity index (χ2n) is 16.6. The van der Waals surface area contributed by atoms with Gasteiger partial charge in [0, 0.05) is 33.2 Å². The molecular weight excluding hydrogens is 655 g/mol. The van der Waals surface area contributed by atoms with Gasteiger partial charge < -0.3 is 9.32 Å². The first-order valence-electron chi connectivity index (χ1n) is 19.9. The summed E-state index contributed by atoms with van der Waals surface area (Å²) < 4.78 is 6.14. The van der Waals surface area contributed by atoms with Gasteiger partial charge in [0.2, 0.25) is 0 Å². The van der Waals surface area contributed by atoms with Gasteiger partial charge in [-0.05, 0) is 155 Å². The summed E-state index contributed by atoms with van der Waals surface area (Å²) in [6.07, 6.45) is 7.08.